The van der Waals surface area contributed by atoms with Crippen LogP contribution in [0.2, 0.25) is 0 Å². The van der Waals surface area contributed by atoms with Crippen molar-refractivity contribution in [2.24, 2.45) is 0 Å². The second-order valence-corrected chi connectivity index (χ2v) is 9.33. The highest BCUT2D eigenvalue weighted by molar-refractivity contribution is 5.91. The zero-order valence-corrected chi connectivity index (χ0v) is 20.0. The summed E-state index contributed by atoms with van der Waals surface area (Å²) in [5, 5.41) is 1.23. The summed E-state index contributed by atoms with van der Waals surface area (Å²) >= 11 is 0. The van der Waals surface area contributed by atoms with Gasteiger partial charge in [0.1, 0.15) is 18.2 Å². The minimum Gasteiger partial charge on any atom is -0.492 e. The van der Waals surface area contributed by atoms with Crippen LogP contribution in [0, 0.1) is 12.7 Å². The fraction of sp³-hybridized carbons (Fsp3) is 0.333. The normalized spacial score (nSPS) is 14.9. The molecule has 1 aromatic heterocycles. The molecule has 0 bridgehead atoms. The molecule has 0 saturated carbocycles. The molecule has 1 aliphatic rings. The maximum Gasteiger partial charge on any atom is 0.123 e. The molecule has 2 heterocycles. The molecule has 1 fully saturated rings. The summed E-state index contributed by atoms with van der Waals surface area (Å²) < 4.78 is 22.0. The second-order valence-electron chi connectivity index (χ2n) is 9.33. The standard InChI is InChI=1S/C30H33FN2O/c1-23-28-8-4-5-9-29(28)33(30(23)25-12-14-26(31)15-13-25)22-24-10-16-27(17-11-24)34-21-20-32-18-6-2-3-7-19-32/h4-5,8-17H,2-3,6-7,18-22H2,1H3. The number of aromatic nitrogens is 1. The summed E-state index contributed by atoms with van der Waals surface area (Å²) in [5.74, 6) is 0.710. The molecule has 4 aromatic rings. The predicted molar refractivity (Wildman–Crippen MR) is 138 cm³/mol. The summed E-state index contributed by atoms with van der Waals surface area (Å²) in [6.45, 7) is 7.02. The Kier molecular flexibility index (Phi) is 6.96. The lowest BCUT2D eigenvalue weighted by Crippen LogP contribution is -2.29. The van der Waals surface area contributed by atoms with Gasteiger partial charge in [0, 0.05) is 24.0 Å². The van der Waals surface area contributed by atoms with Gasteiger partial charge >= 0.3 is 0 Å². The van der Waals surface area contributed by atoms with Gasteiger partial charge in [-0.05, 0) is 92.0 Å². The number of para-hydroxylation sites is 1. The Morgan fingerprint density at radius 1 is 0.824 bits per heavy atom. The van der Waals surface area contributed by atoms with Gasteiger partial charge in [-0.25, -0.2) is 4.39 Å². The van der Waals surface area contributed by atoms with Crippen molar-refractivity contribution in [3.05, 3.63) is 89.7 Å². The van der Waals surface area contributed by atoms with Crippen LogP contribution in [0.3, 0.4) is 0 Å². The average molecular weight is 457 g/mol. The monoisotopic (exact) mass is 456 g/mol. The van der Waals surface area contributed by atoms with Crippen molar-refractivity contribution < 1.29 is 9.13 Å². The number of aryl methyl sites for hydroxylation is 1. The number of likely N-dealkylation sites (tertiary alicyclic amines) is 1. The molecule has 0 radical (unpaired) electrons. The summed E-state index contributed by atoms with van der Waals surface area (Å²) in [5.41, 5.74) is 5.79. The Bertz CT molecular complexity index is 1220. The number of rotatable bonds is 7. The Balaban J connectivity index is 1.33. The maximum atomic E-state index is 13.6. The second kappa shape index (κ2) is 10.4. The summed E-state index contributed by atoms with van der Waals surface area (Å²) in [6, 6.07) is 23.7. The van der Waals surface area contributed by atoms with E-state index in [-0.39, 0.29) is 5.82 Å². The van der Waals surface area contributed by atoms with Crippen molar-refractivity contribution in [2.75, 3.05) is 26.2 Å². The van der Waals surface area contributed by atoms with Crippen LogP contribution >= 0.6 is 0 Å². The molecule has 0 spiro atoms. The van der Waals surface area contributed by atoms with Crippen molar-refractivity contribution in [3.63, 3.8) is 0 Å². The quantitative estimate of drug-likeness (QED) is 0.296. The third-order valence-electron chi connectivity index (χ3n) is 6.98. The van der Waals surface area contributed by atoms with Crippen molar-refractivity contribution >= 4 is 10.9 Å². The van der Waals surface area contributed by atoms with Crippen LogP contribution in [0.15, 0.2) is 72.8 Å². The molecule has 0 atom stereocenters. The number of hydrogen-bond acceptors (Lipinski definition) is 2. The molecule has 0 amide bonds. The first-order chi connectivity index (χ1) is 16.7. The van der Waals surface area contributed by atoms with Crippen LogP contribution in [0.5, 0.6) is 5.75 Å². The summed E-state index contributed by atoms with van der Waals surface area (Å²) in [6.07, 6.45) is 5.33. The van der Waals surface area contributed by atoms with Crippen LogP contribution in [0.25, 0.3) is 22.2 Å². The van der Waals surface area contributed by atoms with Crippen LogP contribution in [0.1, 0.15) is 36.8 Å². The first kappa shape index (κ1) is 22.7. The molecular formula is C30H33FN2O. The lowest BCUT2D eigenvalue weighted by molar-refractivity contribution is 0.214. The number of halogens is 1. The van der Waals surface area contributed by atoms with E-state index in [1.54, 1.807) is 0 Å². The summed E-state index contributed by atoms with van der Waals surface area (Å²) in [7, 11) is 0. The van der Waals surface area contributed by atoms with Gasteiger partial charge in [0.2, 0.25) is 0 Å². The van der Waals surface area contributed by atoms with Crippen molar-refractivity contribution in [1.29, 1.82) is 0 Å². The first-order valence-corrected chi connectivity index (χ1v) is 12.5. The lowest BCUT2D eigenvalue weighted by Gasteiger charge is -2.19. The average Bonchev–Trinajstić information content (AvgIpc) is 3.00. The molecule has 1 aliphatic heterocycles. The van der Waals surface area contributed by atoms with Crippen LogP contribution in [-0.2, 0) is 6.54 Å². The third kappa shape index (κ3) is 5.02. The molecule has 176 valence electrons. The van der Waals surface area contributed by atoms with Crippen molar-refractivity contribution in [2.45, 2.75) is 39.2 Å². The molecule has 4 heteroatoms. The van der Waals surface area contributed by atoms with E-state index in [1.807, 2.05) is 12.1 Å². The third-order valence-corrected chi connectivity index (χ3v) is 6.98. The molecule has 34 heavy (non-hydrogen) atoms. The Morgan fingerprint density at radius 3 is 2.26 bits per heavy atom. The number of hydrogen-bond donors (Lipinski definition) is 0. The number of fused-ring (bicyclic) bond motifs is 1. The smallest absolute Gasteiger partial charge is 0.123 e. The van der Waals surface area contributed by atoms with E-state index < -0.39 is 0 Å². The van der Waals surface area contributed by atoms with Gasteiger partial charge in [-0.3, -0.25) is 4.90 Å². The first-order valence-electron chi connectivity index (χ1n) is 12.5. The van der Waals surface area contributed by atoms with E-state index in [4.69, 9.17) is 4.74 Å². The van der Waals surface area contributed by atoms with Gasteiger partial charge in [0.15, 0.2) is 0 Å². The van der Waals surface area contributed by atoms with Gasteiger partial charge in [-0.15, -0.1) is 0 Å². The van der Waals surface area contributed by atoms with Gasteiger partial charge in [0.25, 0.3) is 0 Å². The van der Waals surface area contributed by atoms with E-state index in [0.29, 0.717) is 0 Å². The fourth-order valence-electron chi connectivity index (χ4n) is 5.15. The molecule has 5 rings (SSSR count). The Labute approximate surface area is 201 Å². The van der Waals surface area contributed by atoms with Crippen LogP contribution < -0.4 is 4.74 Å². The summed E-state index contributed by atoms with van der Waals surface area (Å²) in [4.78, 5) is 2.53. The predicted octanol–water partition coefficient (Wildman–Crippen LogP) is 7.06. The fourth-order valence-corrected chi connectivity index (χ4v) is 5.15. The molecule has 0 aliphatic carbocycles. The lowest BCUT2D eigenvalue weighted by atomic mass is 10.1. The largest absolute Gasteiger partial charge is 0.492 e. The van der Waals surface area contributed by atoms with Gasteiger partial charge in [0.05, 0.1) is 5.69 Å². The highest BCUT2D eigenvalue weighted by Crippen LogP contribution is 2.34. The van der Waals surface area contributed by atoms with Crippen LogP contribution in [-0.4, -0.2) is 35.7 Å². The molecular weight excluding hydrogens is 423 g/mol. The van der Waals surface area contributed by atoms with E-state index in [2.05, 4.69) is 64.9 Å². The van der Waals surface area contributed by atoms with E-state index in [0.717, 1.165) is 36.7 Å². The highest BCUT2D eigenvalue weighted by Gasteiger charge is 2.16. The molecule has 3 nitrogen and oxygen atoms in total. The Hall–Kier alpha value is -3.11. The van der Waals surface area contributed by atoms with E-state index >= 15 is 0 Å². The molecule has 0 N–H and O–H groups in total. The minimum absolute atomic E-state index is 0.213. The maximum absolute atomic E-state index is 13.6. The molecule has 0 unspecified atom stereocenters. The van der Waals surface area contributed by atoms with Crippen molar-refractivity contribution in [1.82, 2.24) is 9.47 Å². The van der Waals surface area contributed by atoms with Crippen molar-refractivity contribution in [3.8, 4) is 17.0 Å². The topological polar surface area (TPSA) is 17.4 Å². The minimum atomic E-state index is -0.213. The van der Waals surface area contributed by atoms with E-state index in [9.17, 15) is 4.39 Å². The zero-order chi connectivity index (χ0) is 23.3. The Morgan fingerprint density at radius 2 is 1.53 bits per heavy atom. The number of nitrogens with zero attached hydrogens (tertiary/aromatic N) is 2. The molecule has 3 aromatic carbocycles. The van der Waals surface area contributed by atoms with Crippen LogP contribution in [0.4, 0.5) is 4.39 Å². The van der Waals surface area contributed by atoms with E-state index in [1.165, 1.54) is 72.9 Å². The van der Waals surface area contributed by atoms with Gasteiger partial charge in [-0.1, -0.05) is 43.2 Å². The number of benzene rings is 3. The molecule has 1 saturated heterocycles. The zero-order valence-electron chi connectivity index (χ0n) is 20.0. The number of ether oxygens (including phenoxy) is 1. The highest BCUT2D eigenvalue weighted by atomic mass is 19.1. The van der Waals surface area contributed by atoms with Gasteiger partial charge in [-0.2, -0.15) is 0 Å². The van der Waals surface area contributed by atoms with Gasteiger partial charge < -0.3 is 9.30 Å². The SMILES string of the molecule is Cc1c(-c2ccc(F)cc2)n(Cc2ccc(OCCN3CCCCCC3)cc2)c2ccccc12.